The van der Waals surface area contributed by atoms with Gasteiger partial charge in [0.15, 0.2) is 4.84 Å². The van der Waals surface area contributed by atoms with Crippen molar-refractivity contribution in [3.05, 3.63) is 55.1 Å². The summed E-state index contributed by atoms with van der Waals surface area (Å²) >= 11 is 10.8. The molecule has 0 saturated heterocycles. The zero-order valence-electron chi connectivity index (χ0n) is 16.4. The van der Waals surface area contributed by atoms with Crippen LogP contribution in [0.1, 0.15) is 25.3 Å². The van der Waals surface area contributed by atoms with Crippen LogP contribution in [-0.4, -0.2) is 53.8 Å². The highest BCUT2D eigenvalue weighted by molar-refractivity contribution is 6.53. The maximum Gasteiger partial charge on any atom is 0.321 e. The molecule has 0 aliphatic carbocycles. The van der Waals surface area contributed by atoms with E-state index in [0.29, 0.717) is 19.0 Å². The fraction of sp³-hybridized carbons (Fsp3) is 0.400. The molecular weight excluding hydrogens is 385 g/mol. The first-order chi connectivity index (χ1) is 12.6. The number of benzene rings is 1. The molecule has 0 heterocycles. The molecule has 0 aliphatic heterocycles. The maximum absolute atomic E-state index is 11.3. The van der Waals surface area contributed by atoms with E-state index >= 15 is 0 Å². The first-order valence-corrected chi connectivity index (χ1v) is 9.38. The number of carbonyl (C=O) groups excluding carboxylic acids is 2. The van der Waals surface area contributed by atoms with Crippen LogP contribution in [0.3, 0.4) is 0 Å². The molecule has 0 aliphatic rings. The van der Waals surface area contributed by atoms with Crippen LogP contribution in [0, 0.1) is 0 Å². The molecule has 150 valence electrons. The number of anilines is 1. The highest BCUT2D eigenvalue weighted by Crippen LogP contribution is 2.17. The minimum atomic E-state index is -1.01. The monoisotopic (exact) mass is 413 g/mol. The van der Waals surface area contributed by atoms with Gasteiger partial charge in [0.2, 0.25) is 0 Å². The van der Waals surface area contributed by atoms with Crippen LogP contribution in [-0.2, 0) is 4.79 Å². The Balaban J connectivity index is 0.000000516. The van der Waals surface area contributed by atoms with Crippen LogP contribution in [0.25, 0.3) is 0 Å². The van der Waals surface area contributed by atoms with E-state index < -0.39 is 4.84 Å². The Kier molecular flexibility index (Phi) is 12.3. The molecule has 0 radical (unpaired) electrons. The van der Waals surface area contributed by atoms with Gasteiger partial charge in [0.25, 0.3) is 5.91 Å². The molecule has 0 atom stereocenters. The second kappa shape index (κ2) is 13.2. The third kappa shape index (κ3) is 10.1. The number of hydrogen-bond acceptors (Lipinski definition) is 2. The van der Waals surface area contributed by atoms with E-state index in [0.717, 1.165) is 5.69 Å². The molecule has 0 bridgehead atoms. The van der Waals surface area contributed by atoms with Gasteiger partial charge in [-0.25, -0.2) is 4.79 Å². The van der Waals surface area contributed by atoms with Gasteiger partial charge in [0, 0.05) is 32.9 Å². The standard InChI is InChI=1S/C12H18N2O.C8H11Cl2NO/c1-9(2)10-5-7-11(8-6-10)13-12(15)14(3)4;1-3-5-11(6-4-2)8(12)7(9)10/h5-9H,1-4H3,(H,13,15);3-4,7H,1-2,5-6H2. The molecule has 1 aromatic rings. The Labute approximate surface area is 172 Å². The van der Waals surface area contributed by atoms with E-state index in [1.54, 1.807) is 26.2 Å². The average molecular weight is 414 g/mol. The van der Waals surface area contributed by atoms with E-state index in [2.05, 4.69) is 32.3 Å². The van der Waals surface area contributed by atoms with E-state index in [9.17, 15) is 9.59 Å². The first-order valence-electron chi connectivity index (χ1n) is 8.51. The zero-order valence-corrected chi connectivity index (χ0v) is 17.9. The molecule has 27 heavy (non-hydrogen) atoms. The average Bonchev–Trinajstić information content (AvgIpc) is 2.61. The van der Waals surface area contributed by atoms with Crippen molar-refractivity contribution < 1.29 is 9.59 Å². The van der Waals surface area contributed by atoms with Crippen LogP contribution in [0.5, 0.6) is 0 Å². The van der Waals surface area contributed by atoms with Gasteiger partial charge in [0.1, 0.15) is 0 Å². The van der Waals surface area contributed by atoms with Crippen molar-refractivity contribution in [1.29, 1.82) is 0 Å². The topological polar surface area (TPSA) is 52.7 Å². The fourth-order valence-corrected chi connectivity index (χ4v) is 2.17. The third-order valence-electron chi connectivity index (χ3n) is 3.43. The van der Waals surface area contributed by atoms with Gasteiger partial charge < -0.3 is 15.1 Å². The number of amides is 3. The number of halogens is 2. The molecule has 0 unspecified atom stereocenters. The van der Waals surface area contributed by atoms with Gasteiger partial charge in [-0.2, -0.15) is 0 Å². The summed E-state index contributed by atoms with van der Waals surface area (Å²) in [7, 11) is 3.44. The smallest absolute Gasteiger partial charge is 0.321 e. The predicted octanol–water partition coefficient (Wildman–Crippen LogP) is 4.89. The van der Waals surface area contributed by atoms with Gasteiger partial charge in [0.05, 0.1) is 0 Å². The second-order valence-corrected chi connectivity index (χ2v) is 7.32. The number of hydrogen-bond donors (Lipinski definition) is 1. The molecule has 7 heteroatoms. The molecular formula is C20H29Cl2N3O2. The quantitative estimate of drug-likeness (QED) is 0.510. The van der Waals surface area contributed by atoms with Gasteiger partial charge in [-0.05, 0) is 23.6 Å². The third-order valence-corrected chi connectivity index (χ3v) is 3.81. The molecule has 0 fully saturated rings. The molecule has 3 amide bonds. The summed E-state index contributed by atoms with van der Waals surface area (Å²) in [6.45, 7) is 12.2. The SMILES string of the molecule is C=CCN(CC=C)C(=O)C(Cl)Cl.CC(C)c1ccc(NC(=O)N(C)C)cc1. The van der Waals surface area contributed by atoms with Crippen molar-refractivity contribution in [2.45, 2.75) is 24.6 Å². The van der Waals surface area contributed by atoms with Crippen molar-refractivity contribution in [3.8, 4) is 0 Å². The summed E-state index contributed by atoms with van der Waals surface area (Å²) < 4.78 is 0. The summed E-state index contributed by atoms with van der Waals surface area (Å²) in [5.74, 6) is 0.196. The minimum absolute atomic E-state index is 0.104. The first kappa shape index (κ1) is 25.0. The van der Waals surface area contributed by atoms with Gasteiger partial charge in [-0.3, -0.25) is 4.79 Å². The van der Waals surface area contributed by atoms with Gasteiger partial charge >= 0.3 is 6.03 Å². The van der Waals surface area contributed by atoms with E-state index in [-0.39, 0.29) is 11.9 Å². The Morgan fingerprint density at radius 3 is 1.89 bits per heavy atom. The highest BCUT2D eigenvalue weighted by atomic mass is 35.5. The number of urea groups is 1. The van der Waals surface area contributed by atoms with Crippen molar-refractivity contribution in [3.63, 3.8) is 0 Å². The largest absolute Gasteiger partial charge is 0.333 e. The number of nitrogens with one attached hydrogen (secondary N) is 1. The van der Waals surface area contributed by atoms with Crippen LogP contribution in [0.15, 0.2) is 49.6 Å². The molecule has 0 spiro atoms. The summed E-state index contributed by atoms with van der Waals surface area (Å²) in [5, 5.41) is 2.79. The van der Waals surface area contributed by atoms with Crippen molar-refractivity contribution in [2.75, 3.05) is 32.5 Å². The van der Waals surface area contributed by atoms with Gasteiger partial charge in [-0.1, -0.05) is 61.3 Å². The van der Waals surface area contributed by atoms with Crippen molar-refractivity contribution in [2.24, 2.45) is 0 Å². The van der Waals surface area contributed by atoms with Crippen LogP contribution in [0.4, 0.5) is 10.5 Å². The Morgan fingerprint density at radius 2 is 1.56 bits per heavy atom. The molecule has 1 rings (SSSR count). The Bertz CT molecular complexity index is 604. The molecule has 5 nitrogen and oxygen atoms in total. The highest BCUT2D eigenvalue weighted by Gasteiger charge is 2.17. The summed E-state index contributed by atoms with van der Waals surface area (Å²) in [4.78, 5) is 24.5. The normalized spacial score (nSPS) is 9.93. The molecule has 1 N–H and O–H groups in total. The van der Waals surface area contributed by atoms with Crippen LogP contribution in [0.2, 0.25) is 0 Å². The number of alkyl halides is 2. The second-order valence-electron chi connectivity index (χ2n) is 6.22. The molecule has 0 aromatic heterocycles. The van der Waals surface area contributed by atoms with Crippen molar-refractivity contribution >= 4 is 40.8 Å². The zero-order chi connectivity index (χ0) is 21.0. The van der Waals surface area contributed by atoms with Crippen LogP contribution >= 0.6 is 23.2 Å². The maximum atomic E-state index is 11.3. The lowest BCUT2D eigenvalue weighted by Gasteiger charge is -2.19. The van der Waals surface area contributed by atoms with E-state index in [4.69, 9.17) is 23.2 Å². The number of nitrogens with zero attached hydrogens (tertiary/aromatic N) is 2. The lowest BCUT2D eigenvalue weighted by molar-refractivity contribution is -0.128. The minimum Gasteiger partial charge on any atom is -0.333 e. The molecule has 0 saturated carbocycles. The van der Waals surface area contributed by atoms with E-state index in [1.165, 1.54) is 15.4 Å². The van der Waals surface area contributed by atoms with Crippen molar-refractivity contribution in [1.82, 2.24) is 9.80 Å². The summed E-state index contributed by atoms with van der Waals surface area (Å²) in [5.41, 5.74) is 2.11. The summed E-state index contributed by atoms with van der Waals surface area (Å²) in [6, 6.07) is 7.83. The number of carbonyl (C=O) groups is 2. The van der Waals surface area contributed by atoms with E-state index in [1.807, 2.05) is 24.3 Å². The number of rotatable bonds is 7. The lowest BCUT2D eigenvalue weighted by Crippen LogP contribution is -2.35. The lowest BCUT2D eigenvalue weighted by atomic mass is 10.0. The van der Waals surface area contributed by atoms with Crippen LogP contribution < -0.4 is 5.32 Å². The summed E-state index contributed by atoms with van der Waals surface area (Å²) in [6.07, 6.45) is 3.22. The molecule has 1 aromatic carbocycles. The Morgan fingerprint density at radius 1 is 1.07 bits per heavy atom. The fourth-order valence-electron chi connectivity index (χ4n) is 1.89. The Hall–Kier alpha value is -1.98. The predicted molar refractivity (Wildman–Crippen MR) is 116 cm³/mol. The van der Waals surface area contributed by atoms with Gasteiger partial charge in [-0.15, -0.1) is 13.2 Å².